The highest BCUT2D eigenvalue weighted by Gasteiger charge is 2.36. The van der Waals surface area contributed by atoms with Crippen LogP contribution in [0.15, 0.2) is 0 Å². The lowest BCUT2D eigenvalue weighted by molar-refractivity contribution is -0.156. The van der Waals surface area contributed by atoms with Crippen molar-refractivity contribution >= 4 is 35.9 Å². The van der Waals surface area contributed by atoms with Crippen molar-refractivity contribution in [2.24, 2.45) is 0 Å². The predicted octanol–water partition coefficient (Wildman–Crippen LogP) is -1.16. The van der Waals surface area contributed by atoms with Gasteiger partial charge in [-0.05, 0) is 20.8 Å². The molecule has 1 amide bonds. The van der Waals surface area contributed by atoms with Crippen LogP contribution in [-0.4, -0.2) is 108 Å². The highest BCUT2D eigenvalue weighted by molar-refractivity contribution is 5.81. The van der Waals surface area contributed by atoms with E-state index in [1.54, 1.807) is 0 Å². The number of nitrogens with zero attached hydrogens (tertiary/aromatic N) is 2. The number of amides is 1. The van der Waals surface area contributed by atoms with E-state index in [-0.39, 0.29) is 4.90 Å². The summed E-state index contributed by atoms with van der Waals surface area (Å²) in [7, 11) is 0. The molecule has 14 heteroatoms. The van der Waals surface area contributed by atoms with Crippen molar-refractivity contribution in [2.45, 2.75) is 38.9 Å². The van der Waals surface area contributed by atoms with Gasteiger partial charge in [0.1, 0.15) is 31.2 Å². The molecule has 6 N–H and O–H groups in total. The Balaban J connectivity index is 0. The number of carbonyl (C=O) groups is 6. The third-order valence-corrected chi connectivity index (χ3v) is 3.34. The molecule has 0 bridgehead atoms. The van der Waals surface area contributed by atoms with Crippen molar-refractivity contribution < 1.29 is 59.4 Å². The van der Waals surface area contributed by atoms with Gasteiger partial charge < -0.3 is 30.6 Å². The monoisotopic (exact) mass is 410 g/mol. The molecule has 0 rings (SSSR count). The summed E-state index contributed by atoms with van der Waals surface area (Å²) in [6.07, 6.45) is -1.57. The van der Waals surface area contributed by atoms with Gasteiger partial charge in [0, 0.05) is 0 Å². The van der Waals surface area contributed by atoms with Crippen molar-refractivity contribution in [1.82, 2.24) is 9.80 Å². The quantitative estimate of drug-likeness (QED) is 0.250. The molecular formula is C14H22N2O12. The van der Waals surface area contributed by atoms with Crippen molar-refractivity contribution in [2.75, 3.05) is 13.1 Å². The lowest BCUT2D eigenvalue weighted by Crippen LogP contribution is -2.54. The van der Waals surface area contributed by atoms with Crippen LogP contribution in [0.5, 0.6) is 0 Å². The Morgan fingerprint density at radius 1 is 0.607 bits per heavy atom. The fourth-order valence-electron chi connectivity index (χ4n) is 1.91. The molecule has 28 heavy (non-hydrogen) atoms. The Hall–Kier alpha value is -3.42. The SMILES string of the molecule is CC(C(=O)O)N(C(C)C(=O)O)C(C)C(=O)O.O=C(O)CN(CC(=O)O)C(=O)O. The van der Waals surface area contributed by atoms with E-state index in [1.807, 2.05) is 0 Å². The van der Waals surface area contributed by atoms with Gasteiger partial charge in [-0.15, -0.1) is 0 Å². The lowest BCUT2D eigenvalue weighted by Gasteiger charge is -2.32. The zero-order valence-electron chi connectivity index (χ0n) is 15.2. The van der Waals surface area contributed by atoms with Crippen LogP contribution in [0.25, 0.3) is 0 Å². The minimum absolute atomic E-state index is 0.282. The number of hydrogen-bond acceptors (Lipinski definition) is 7. The molecule has 0 aliphatic heterocycles. The van der Waals surface area contributed by atoms with Crippen LogP contribution in [0.2, 0.25) is 0 Å². The summed E-state index contributed by atoms with van der Waals surface area (Å²) in [6.45, 7) is 2.09. The average molecular weight is 410 g/mol. The number of hydrogen-bond donors (Lipinski definition) is 6. The number of aliphatic carboxylic acids is 5. The van der Waals surface area contributed by atoms with Crippen LogP contribution in [0.1, 0.15) is 20.8 Å². The van der Waals surface area contributed by atoms with Gasteiger partial charge in [0.25, 0.3) is 0 Å². The maximum absolute atomic E-state index is 10.8. The first-order valence-electron chi connectivity index (χ1n) is 7.50. The summed E-state index contributed by atoms with van der Waals surface area (Å²) in [5.74, 6) is -6.57. The molecule has 0 fully saturated rings. The van der Waals surface area contributed by atoms with E-state index >= 15 is 0 Å². The van der Waals surface area contributed by atoms with Gasteiger partial charge >= 0.3 is 35.9 Å². The minimum Gasteiger partial charge on any atom is -0.480 e. The molecule has 0 saturated carbocycles. The fourth-order valence-corrected chi connectivity index (χ4v) is 1.91. The van der Waals surface area contributed by atoms with Crippen LogP contribution >= 0.6 is 0 Å². The zero-order valence-corrected chi connectivity index (χ0v) is 15.2. The zero-order chi connectivity index (χ0) is 22.8. The van der Waals surface area contributed by atoms with Crippen molar-refractivity contribution in [1.29, 1.82) is 0 Å². The Labute approximate surface area is 158 Å². The standard InChI is InChI=1S/C9H15NO6.C5H7NO6/c1-4(7(11)12)10(5(2)8(13)14)6(3)9(15)16;7-3(8)1-6(5(11)12)2-4(9)10/h4-6H,1-3H3,(H,11,12)(H,13,14)(H,15,16);1-2H2,(H,7,8)(H,9,10)(H,11,12). The maximum Gasteiger partial charge on any atom is 0.408 e. The van der Waals surface area contributed by atoms with Crippen molar-refractivity contribution in [3.05, 3.63) is 0 Å². The van der Waals surface area contributed by atoms with Crippen LogP contribution < -0.4 is 0 Å². The first-order chi connectivity index (χ1) is 12.6. The van der Waals surface area contributed by atoms with E-state index in [9.17, 15) is 28.8 Å². The second kappa shape index (κ2) is 12.1. The van der Waals surface area contributed by atoms with Crippen LogP contribution in [0.4, 0.5) is 4.79 Å². The van der Waals surface area contributed by atoms with Gasteiger partial charge in [-0.25, -0.2) is 4.79 Å². The van der Waals surface area contributed by atoms with Gasteiger partial charge in [0.05, 0.1) is 0 Å². The van der Waals surface area contributed by atoms with Crippen molar-refractivity contribution in [3.8, 4) is 0 Å². The van der Waals surface area contributed by atoms with E-state index in [0.717, 1.165) is 4.90 Å². The molecule has 160 valence electrons. The van der Waals surface area contributed by atoms with Gasteiger partial charge in [0.2, 0.25) is 0 Å². The summed E-state index contributed by atoms with van der Waals surface area (Å²) in [6, 6.07) is -3.55. The fraction of sp³-hybridized carbons (Fsp3) is 0.571. The third-order valence-electron chi connectivity index (χ3n) is 3.34. The highest BCUT2D eigenvalue weighted by atomic mass is 16.4. The van der Waals surface area contributed by atoms with E-state index in [0.29, 0.717) is 0 Å². The molecule has 0 aromatic carbocycles. The van der Waals surface area contributed by atoms with Gasteiger partial charge in [0.15, 0.2) is 0 Å². The van der Waals surface area contributed by atoms with Crippen LogP contribution in [-0.2, 0) is 24.0 Å². The van der Waals surface area contributed by atoms with E-state index < -0.39 is 67.2 Å². The predicted molar refractivity (Wildman–Crippen MR) is 88.0 cm³/mol. The normalized spacial score (nSPS) is 13.3. The average Bonchev–Trinajstić information content (AvgIpc) is 2.53. The molecule has 3 unspecified atom stereocenters. The summed E-state index contributed by atoms with van der Waals surface area (Å²) in [5.41, 5.74) is 0. The van der Waals surface area contributed by atoms with Gasteiger partial charge in [-0.3, -0.25) is 33.8 Å². The molecule has 0 spiro atoms. The van der Waals surface area contributed by atoms with Gasteiger partial charge in [-0.1, -0.05) is 0 Å². The first kappa shape index (κ1) is 26.8. The lowest BCUT2D eigenvalue weighted by atomic mass is 10.1. The molecule has 0 radical (unpaired) electrons. The number of carboxylic acid groups (broad SMARTS) is 6. The molecule has 0 aliphatic rings. The summed E-state index contributed by atoms with van der Waals surface area (Å²) >= 11 is 0. The number of carboxylic acids is 5. The molecule has 0 aromatic heterocycles. The molecule has 14 nitrogen and oxygen atoms in total. The Bertz CT molecular complexity index is 556. The Kier molecular flexibility index (Phi) is 11.5. The van der Waals surface area contributed by atoms with Crippen molar-refractivity contribution in [3.63, 3.8) is 0 Å². The summed E-state index contributed by atoms with van der Waals surface area (Å²) in [4.78, 5) is 63.7. The molecule has 0 saturated heterocycles. The first-order valence-corrected chi connectivity index (χ1v) is 7.50. The molecule has 3 atom stereocenters. The molecule has 0 heterocycles. The maximum atomic E-state index is 10.8. The van der Waals surface area contributed by atoms with E-state index in [4.69, 9.17) is 30.6 Å². The van der Waals surface area contributed by atoms with E-state index in [2.05, 4.69) is 0 Å². The largest absolute Gasteiger partial charge is 0.480 e. The Morgan fingerprint density at radius 3 is 1.00 bits per heavy atom. The Morgan fingerprint density at radius 2 is 0.857 bits per heavy atom. The van der Waals surface area contributed by atoms with Gasteiger partial charge in [-0.2, -0.15) is 0 Å². The topological polar surface area (TPSA) is 230 Å². The number of rotatable bonds is 10. The highest BCUT2D eigenvalue weighted by Crippen LogP contribution is 2.12. The molecular weight excluding hydrogens is 388 g/mol. The summed E-state index contributed by atoms with van der Waals surface area (Å²) in [5, 5.41) is 50.9. The second-order valence-electron chi connectivity index (χ2n) is 5.42. The molecule has 0 aliphatic carbocycles. The molecule has 0 aromatic rings. The van der Waals surface area contributed by atoms with E-state index in [1.165, 1.54) is 20.8 Å². The van der Waals surface area contributed by atoms with Crippen LogP contribution in [0, 0.1) is 0 Å². The minimum atomic E-state index is -1.57. The second-order valence-corrected chi connectivity index (χ2v) is 5.42. The third kappa shape index (κ3) is 9.91. The van der Waals surface area contributed by atoms with Crippen LogP contribution in [0.3, 0.4) is 0 Å². The summed E-state index contributed by atoms with van der Waals surface area (Å²) < 4.78 is 0. The smallest absolute Gasteiger partial charge is 0.408 e.